The molecule has 1 aliphatic rings. The Morgan fingerprint density at radius 3 is 2.79 bits per heavy atom. The van der Waals surface area contributed by atoms with E-state index in [0.717, 1.165) is 23.9 Å². The fourth-order valence-electron chi connectivity index (χ4n) is 1.79. The van der Waals surface area contributed by atoms with Gasteiger partial charge in [-0.3, -0.25) is 0 Å². The summed E-state index contributed by atoms with van der Waals surface area (Å²) in [7, 11) is 0. The van der Waals surface area contributed by atoms with Gasteiger partial charge in [0.1, 0.15) is 17.8 Å². The van der Waals surface area contributed by atoms with Gasteiger partial charge in [0.2, 0.25) is 0 Å². The van der Waals surface area contributed by atoms with Gasteiger partial charge in [0.15, 0.2) is 0 Å². The van der Waals surface area contributed by atoms with Crippen LogP contribution in [0.3, 0.4) is 0 Å². The SMILES string of the molecule is Cc1cc(N2CC[C@H](F)C2)nc(C)n1. The largest absolute Gasteiger partial charge is 0.353 e. The van der Waals surface area contributed by atoms with Crippen LogP contribution in [0.15, 0.2) is 6.07 Å². The van der Waals surface area contributed by atoms with Crippen LogP contribution in [0.4, 0.5) is 10.2 Å². The third kappa shape index (κ3) is 1.84. The van der Waals surface area contributed by atoms with E-state index in [2.05, 4.69) is 9.97 Å². The summed E-state index contributed by atoms with van der Waals surface area (Å²) in [6.07, 6.45) is -0.0900. The first-order valence-corrected chi connectivity index (χ1v) is 4.86. The highest BCUT2D eigenvalue weighted by atomic mass is 19.1. The minimum absolute atomic E-state index is 0.468. The van der Waals surface area contributed by atoms with Crippen molar-refractivity contribution in [1.82, 2.24) is 9.97 Å². The second-order valence-electron chi connectivity index (χ2n) is 3.75. The van der Waals surface area contributed by atoms with Crippen LogP contribution in [0.1, 0.15) is 17.9 Å². The van der Waals surface area contributed by atoms with E-state index < -0.39 is 6.17 Å². The molecule has 1 aromatic heterocycles. The smallest absolute Gasteiger partial charge is 0.132 e. The minimum Gasteiger partial charge on any atom is -0.353 e. The highest BCUT2D eigenvalue weighted by molar-refractivity contribution is 5.41. The second kappa shape index (κ2) is 3.52. The Kier molecular flexibility index (Phi) is 2.35. The van der Waals surface area contributed by atoms with Crippen molar-refractivity contribution in [3.8, 4) is 0 Å². The molecule has 2 heterocycles. The maximum absolute atomic E-state index is 13.0. The van der Waals surface area contributed by atoms with Gasteiger partial charge >= 0.3 is 0 Å². The molecule has 0 bridgehead atoms. The first-order chi connectivity index (χ1) is 6.65. The van der Waals surface area contributed by atoms with Crippen LogP contribution in [0.5, 0.6) is 0 Å². The maximum Gasteiger partial charge on any atom is 0.132 e. The standard InChI is InChI=1S/C10H14FN3/c1-7-5-10(13-8(2)12-7)14-4-3-9(11)6-14/h5,9H,3-4,6H2,1-2H3/t9-/m0/s1. The van der Waals surface area contributed by atoms with Crippen molar-refractivity contribution >= 4 is 5.82 Å². The van der Waals surface area contributed by atoms with Crippen molar-refractivity contribution < 1.29 is 4.39 Å². The first kappa shape index (κ1) is 9.37. The molecular formula is C10H14FN3. The normalized spacial score (nSPS) is 21.6. The molecule has 1 aromatic rings. The molecule has 1 aliphatic heterocycles. The molecule has 14 heavy (non-hydrogen) atoms. The van der Waals surface area contributed by atoms with E-state index in [-0.39, 0.29) is 0 Å². The minimum atomic E-state index is -0.703. The highest BCUT2D eigenvalue weighted by Crippen LogP contribution is 2.20. The third-order valence-electron chi connectivity index (χ3n) is 2.41. The summed E-state index contributed by atoms with van der Waals surface area (Å²) in [6, 6.07) is 1.91. The van der Waals surface area contributed by atoms with E-state index in [1.807, 2.05) is 24.8 Å². The van der Waals surface area contributed by atoms with Crippen LogP contribution >= 0.6 is 0 Å². The number of nitrogens with zero attached hydrogens (tertiary/aromatic N) is 3. The van der Waals surface area contributed by atoms with Gasteiger partial charge in [0.05, 0.1) is 6.54 Å². The number of alkyl halides is 1. The Morgan fingerprint density at radius 2 is 2.21 bits per heavy atom. The predicted octanol–water partition coefficient (Wildman–Crippen LogP) is 1.64. The van der Waals surface area contributed by atoms with E-state index >= 15 is 0 Å². The van der Waals surface area contributed by atoms with Crippen molar-refractivity contribution in [2.24, 2.45) is 0 Å². The fraction of sp³-hybridized carbons (Fsp3) is 0.600. The van der Waals surface area contributed by atoms with Gasteiger partial charge in [-0.25, -0.2) is 14.4 Å². The molecule has 0 amide bonds. The zero-order valence-electron chi connectivity index (χ0n) is 8.50. The van der Waals surface area contributed by atoms with Crippen LogP contribution in [0.2, 0.25) is 0 Å². The molecule has 0 saturated carbocycles. The summed E-state index contributed by atoms with van der Waals surface area (Å²) < 4.78 is 13.0. The molecule has 2 rings (SSSR count). The lowest BCUT2D eigenvalue weighted by molar-refractivity contribution is 0.364. The summed E-state index contributed by atoms with van der Waals surface area (Å²) >= 11 is 0. The Balaban J connectivity index is 2.23. The van der Waals surface area contributed by atoms with Crippen molar-refractivity contribution in [1.29, 1.82) is 0 Å². The van der Waals surface area contributed by atoms with Crippen LogP contribution in [0, 0.1) is 13.8 Å². The molecule has 1 atom stereocenters. The average Bonchev–Trinajstić information content (AvgIpc) is 2.50. The lowest BCUT2D eigenvalue weighted by Gasteiger charge is -2.16. The van der Waals surface area contributed by atoms with Gasteiger partial charge in [-0.15, -0.1) is 0 Å². The summed E-state index contributed by atoms with van der Waals surface area (Å²) in [5.41, 5.74) is 0.940. The number of hydrogen-bond donors (Lipinski definition) is 0. The van der Waals surface area contributed by atoms with Crippen LogP contribution < -0.4 is 4.90 Å². The number of anilines is 1. The van der Waals surface area contributed by atoms with Gasteiger partial charge in [0, 0.05) is 18.3 Å². The molecule has 0 spiro atoms. The Labute approximate surface area is 83.0 Å². The zero-order valence-corrected chi connectivity index (χ0v) is 8.50. The highest BCUT2D eigenvalue weighted by Gasteiger charge is 2.22. The maximum atomic E-state index is 13.0. The van der Waals surface area contributed by atoms with Crippen molar-refractivity contribution in [2.45, 2.75) is 26.4 Å². The average molecular weight is 195 g/mol. The molecular weight excluding hydrogens is 181 g/mol. The van der Waals surface area contributed by atoms with Crippen molar-refractivity contribution in [2.75, 3.05) is 18.0 Å². The third-order valence-corrected chi connectivity index (χ3v) is 2.41. The molecule has 0 N–H and O–H groups in total. The molecule has 0 aromatic carbocycles. The molecule has 4 heteroatoms. The number of aryl methyl sites for hydroxylation is 2. The Morgan fingerprint density at radius 1 is 1.43 bits per heavy atom. The van der Waals surface area contributed by atoms with Crippen LogP contribution in [-0.2, 0) is 0 Å². The van der Waals surface area contributed by atoms with Gasteiger partial charge < -0.3 is 4.90 Å². The van der Waals surface area contributed by atoms with Crippen LogP contribution in [0.25, 0.3) is 0 Å². The molecule has 3 nitrogen and oxygen atoms in total. The number of hydrogen-bond acceptors (Lipinski definition) is 3. The number of aromatic nitrogens is 2. The first-order valence-electron chi connectivity index (χ1n) is 4.86. The number of rotatable bonds is 1. The van der Waals surface area contributed by atoms with Crippen molar-refractivity contribution in [3.05, 3.63) is 17.6 Å². The molecule has 1 saturated heterocycles. The van der Waals surface area contributed by atoms with Crippen molar-refractivity contribution in [3.63, 3.8) is 0 Å². The predicted molar refractivity (Wildman–Crippen MR) is 53.2 cm³/mol. The van der Waals surface area contributed by atoms with Gasteiger partial charge in [-0.2, -0.15) is 0 Å². The Hall–Kier alpha value is -1.19. The van der Waals surface area contributed by atoms with E-state index in [4.69, 9.17) is 0 Å². The van der Waals surface area contributed by atoms with E-state index in [0.29, 0.717) is 13.0 Å². The molecule has 0 radical (unpaired) electrons. The summed E-state index contributed by atoms with van der Waals surface area (Å²) in [4.78, 5) is 10.5. The quantitative estimate of drug-likeness (QED) is 0.682. The van der Waals surface area contributed by atoms with Crippen LogP contribution in [-0.4, -0.2) is 29.2 Å². The monoisotopic (exact) mass is 195 g/mol. The molecule has 1 fully saturated rings. The lowest BCUT2D eigenvalue weighted by Crippen LogP contribution is -2.21. The molecule has 0 aliphatic carbocycles. The summed E-state index contributed by atoms with van der Waals surface area (Å²) in [5, 5.41) is 0. The topological polar surface area (TPSA) is 29.0 Å². The second-order valence-corrected chi connectivity index (χ2v) is 3.75. The summed E-state index contributed by atoms with van der Waals surface area (Å²) in [5.74, 6) is 1.61. The van der Waals surface area contributed by atoms with Gasteiger partial charge in [-0.1, -0.05) is 0 Å². The summed E-state index contributed by atoms with van der Waals surface area (Å²) in [6.45, 7) is 5.02. The van der Waals surface area contributed by atoms with E-state index in [1.54, 1.807) is 0 Å². The Bertz CT molecular complexity index is 320. The van der Waals surface area contributed by atoms with E-state index in [9.17, 15) is 4.39 Å². The number of halogens is 1. The van der Waals surface area contributed by atoms with E-state index in [1.165, 1.54) is 0 Å². The molecule has 0 unspecified atom stereocenters. The zero-order chi connectivity index (χ0) is 10.1. The van der Waals surface area contributed by atoms with Gasteiger partial charge in [0.25, 0.3) is 0 Å². The fourth-order valence-corrected chi connectivity index (χ4v) is 1.79. The van der Waals surface area contributed by atoms with Gasteiger partial charge in [-0.05, 0) is 20.3 Å². The lowest BCUT2D eigenvalue weighted by atomic mass is 10.3. The molecule has 76 valence electrons.